The van der Waals surface area contributed by atoms with Crippen LogP contribution in [0, 0.1) is 12.3 Å². The molecule has 0 spiro atoms. The third-order valence-electron chi connectivity index (χ3n) is 7.74. The van der Waals surface area contributed by atoms with Gasteiger partial charge < -0.3 is 120 Å². The zero-order valence-electron chi connectivity index (χ0n) is 53.2. The Bertz CT molecular complexity index is 2400. The van der Waals surface area contributed by atoms with Crippen molar-refractivity contribution in [2.24, 2.45) is 80.3 Å². The first-order valence-electron chi connectivity index (χ1n) is 27.0. The second-order valence-electron chi connectivity index (χ2n) is 16.5. The standard InChI is InChI=1S/C7H9N.C6H13NO2.C5H4F9N.C5H9NO4.C4H11N.C3H8N2O.C3H7NO2.C3H7N.C3H5N.C2H8NO4P.C2H7NO4S.C2H8NO3P.C2H7NO3S/c8-6-7-4-2-1-3-5-7;7-5-3-1-2-4-6(8)9;6-2(7,1-15)3(8,9)4(10,11)5(12,13)14;6-3(5(9)10)1-2-4(7)8;1-2-3-4-5;2*4-2-1-3(5)6;2*1-2-3-4;2*3-1-2-7-8(4,5)6;2*3-1-2-7(4,5)6/h1-5H,6,8H2;1-5,7H2,(H,8,9);1,15H2;3H,1-2,6H2,(H,7,8)(H,9,10);2-5H2,1H3;1-2,4H2,(H2,5,6);1-2,4H2,(H,5,6);2H,1,3-4H2;1H,3-4H2;1-3H2,(H2,4,5,6);1-3H2,(H,4,5,6);1-3H2,(H2,4,5,6);1-3H2,(H,4,5,6). The average molecular weight is 1530 g/mol. The quantitative estimate of drug-likeness (QED) is 0.00978. The number of unbranched alkanes of at least 4 members (excludes halogenated alkanes) is 3. The summed E-state index contributed by atoms with van der Waals surface area (Å²) in [6.45, 7) is 6.74. The number of nitrogens with two attached hydrogens (primary N) is 14. The minimum atomic E-state index is -6.84. The molecule has 1 rings (SSSR count). The molecule has 0 aromatic heterocycles. The third-order valence-corrected chi connectivity index (χ3v) is 10.3. The van der Waals surface area contributed by atoms with Crippen LogP contribution in [-0.2, 0) is 68.9 Å². The monoisotopic (exact) mass is 1530 g/mol. The van der Waals surface area contributed by atoms with E-state index < -0.39 is 96.3 Å². The number of carboxylic acids is 4. The van der Waals surface area contributed by atoms with Crippen molar-refractivity contribution in [3.05, 3.63) is 48.6 Å². The SMILES string of the molecule is C#CCN.C=CCN.CCCCN.NC(CCC(=O)O)C(=O)O.NCC(F)(F)C(F)(F)C(F)(F)C(F)(F)F.NCCC(=O)O.NCCC(N)=O.NCCCCCC(=O)O.NCCOP(=O)(O)O.NCCOS(=O)(=O)O.NCCP(=O)(O)O.NCCS(=O)(=O)O.NCc1ccccc1. The summed E-state index contributed by atoms with van der Waals surface area (Å²) in [4.78, 5) is 81.1. The van der Waals surface area contributed by atoms with E-state index in [1.165, 1.54) is 18.4 Å². The molecule has 50 heteroatoms. The number of hydrogen-bond donors (Lipinski definition) is 24. The van der Waals surface area contributed by atoms with Crippen molar-refractivity contribution in [1.82, 2.24) is 0 Å². The normalized spacial score (nSPS) is 10.9. The number of amides is 1. The Hall–Kier alpha value is -5.24. The van der Waals surface area contributed by atoms with Crippen molar-refractivity contribution >= 4 is 65.7 Å². The maximum atomic E-state index is 12.2. The Morgan fingerprint density at radius 3 is 1.21 bits per heavy atom. The van der Waals surface area contributed by atoms with Gasteiger partial charge in [-0.2, -0.15) is 56.3 Å². The van der Waals surface area contributed by atoms with Gasteiger partial charge in [-0.25, -0.2) is 8.75 Å². The van der Waals surface area contributed by atoms with E-state index in [4.69, 9.17) is 118 Å². The zero-order chi connectivity index (χ0) is 79.8. The first-order chi connectivity index (χ1) is 44.1. The number of benzene rings is 1. The maximum Gasteiger partial charge on any atom is 0.469 e. The van der Waals surface area contributed by atoms with Crippen LogP contribution in [0.4, 0.5) is 39.5 Å². The number of halogens is 9. The van der Waals surface area contributed by atoms with Gasteiger partial charge in [-0.15, -0.1) is 13.0 Å². The van der Waals surface area contributed by atoms with Gasteiger partial charge in [0.1, 0.15) is 6.04 Å². The smallest absolute Gasteiger partial charge is 0.469 e. The topological polar surface area (TPSA) is 773 Å². The lowest BCUT2D eigenvalue weighted by molar-refractivity contribution is -0.394. The van der Waals surface area contributed by atoms with E-state index in [2.05, 4.69) is 46.0 Å². The number of carbonyl (C=O) groups excluding carboxylic acids is 1. The third kappa shape index (κ3) is 118. The molecule has 0 fully saturated rings. The highest BCUT2D eigenvalue weighted by Gasteiger charge is 2.81. The van der Waals surface area contributed by atoms with Gasteiger partial charge in [0.2, 0.25) is 5.91 Å². The van der Waals surface area contributed by atoms with E-state index in [1.54, 1.807) is 6.08 Å². The van der Waals surface area contributed by atoms with Crippen molar-refractivity contribution in [3.8, 4) is 12.3 Å². The van der Waals surface area contributed by atoms with Crippen molar-refractivity contribution in [1.29, 1.82) is 0 Å². The van der Waals surface area contributed by atoms with Crippen molar-refractivity contribution in [2.75, 3.05) is 97.1 Å². The fraction of sp³-hybridized carbons (Fsp3) is 0.681. The van der Waals surface area contributed by atoms with E-state index in [9.17, 15) is 89.5 Å². The highest BCUT2D eigenvalue weighted by atomic mass is 32.3. The fourth-order valence-electron chi connectivity index (χ4n) is 3.26. The summed E-state index contributed by atoms with van der Waals surface area (Å²) in [6.07, 6.45) is 4.74. The van der Waals surface area contributed by atoms with Crippen LogP contribution in [0.5, 0.6) is 0 Å². The predicted molar refractivity (Wildman–Crippen MR) is 342 cm³/mol. The maximum absolute atomic E-state index is 12.2. The Morgan fingerprint density at radius 2 is 1.05 bits per heavy atom. The van der Waals surface area contributed by atoms with Gasteiger partial charge >= 0.3 is 73.6 Å². The van der Waals surface area contributed by atoms with Crippen LogP contribution in [0.3, 0.4) is 0 Å². The minimum Gasteiger partial charge on any atom is -0.481 e. The average Bonchev–Trinajstić information content (AvgIpc) is 0.751. The Labute approximate surface area is 557 Å². The second kappa shape index (κ2) is 75.0. The Morgan fingerprint density at radius 1 is 0.629 bits per heavy atom. The molecule has 0 aliphatic carbocycles. The van der Waals surface area contributed by atoms with E-state index >= 15 is 0 Å². The number of carboxylic acid groups (broad SMARTS) is 4. The number of phosphoric acid groups is 1. The molecule has 0 saturated heterocycles. The number of hydrogen-bond acceptors (Lipinski definition) is 26. The van der Waals surface area contributed by atoms with Gasteiger partial charge in [-0.05, 0) is 44.3 Å². The highest BCUT2D eigenvalue weighted by molar-refractivity contribution is 7.85. The van der Waals surface area contributed by atoms with Crippen LogP contribution in [0.2, 0.25) is 0 Å². The first-order valence-corrected chi connectivity index (χ1v) is 33.3. The van der Waals surface area contributed by atoms with Crippen molar-refractivity contribution in [3.63, 3.8) is 0 Å². The lowest BCUT2D eigenvalue weighted by Crippen LogP contribution is -2.62. The van der Waals surface area contributed by atoms with Crippen LogP contribution in [0.1, 0.15) is 76.7 Å². The van der Waals surface area contributed by atoms with E-state index in [0.717, 1.165) is 25.8 Å². The largest absolute Gasteiger partial charge is 0.481 e. The van der Waals surface area contributed by atoms with Crippen molar-refractivity contribution in [2.45, 2.75) is 108 Å². The van der Waals surface area contributed by atoms with Gasteiger partial charge in [0.25, 0.3) is 10.1 Å². The molecule has 584 valence electrons. The van der Waals surface area contributed by atoms with Crippen LogP contribution >= 0.6 is 15.4 Å². The lowest BCUT2D eigenvalue weighted by Gasteiger charge is -2.32. The molecule has 97 heavy (non-hydrogen) atoms. The molecule has 0 heterocycles. The number of rotatable bonds is 30. The summed E-state index contributed by atoms with van der Waals surface area (Å²) in [7, 11) is -16.1. The molecular formula is C47H103F9N14O23P2S2. The Kier molecular flexibility index (Phi) is 91.8. The first kappa shape index (κ1) is 119. The number of terminal acetylenes is 1. The van der Waals surface area contributed by atoms with E-state index in [1.807, 2.05) is 30.3 Å². The van der Waals surface area contributed by atoms with Gasteiger partial charge in [0.05, 0.1) is 44.6 Å². The van der Waals surface area contributed by atoms with E-state index in [0.29, 0.717) is 39.1 Å². The molecule has 37 nitrogen and oxygen atoms in total. The molecular weight excluding hydrogens is 1430 g/mol. The molecule has 0 radical (unpaired) electrons. The summed E-state index contributed by atoms with van der Waals surface area (Å²) in [5.41, 5.74) is 69.3. The van der Waals surface area contributed by atoms with Gasteiger partial charge in [-0.3, -0.25) is 42.2 Å². The van der Waals surface area contributed by atoms with Crippen LogP contribution in [0.15, 0.2) is 43.0 Å². The summed E-state index contributed by atoms with van der Waals surface area (Å²) in [6, 6.07) is 8.93. The molecule has 1 atom stereocenters. The number of aliphatic carboxylic acids is 4. The minimum absolute atomic E-state index is 0.0231. The molecule has 1 unspecified atom stereocenters. The fourth-order valence-corrected chi connectivity index (χ4v) is 4.55. The molecule has 0 aliphatic heterocycles. The molecule has 1 amide bonds. The van der Waals surface area contributed by atoms with Gasteiger partial charge in [-0.1, -0.05) is 62.1 Å². The molecule has 1 aromatic carbocycles. The van der Waals surface area contributed by atoms with Gasteiger partial charge in [0.15, 0.2) is 0 Å². The Balaban J connectivity index is -0.0000000819. The van der Waals surface area contributed by atoms with Crippen LogP contribution < -0.4 is 80.3 Å². The zero-order valence-corrected chi connectivity index (χ0v) is 56.6. The number of primary amides is 1. The van der Waals surface area contributed by atoms with E-state index in [-0.39, 0.29) is 89.4 Å². The molecule has 1 aromatic rings. The summed E-state index contributed by atoms with van der Waals surface area (Å²) in [5, 5.41) is 32.3. The van der Waals surface area contributed by atoms with Crippen molar-refractivity contribution < 1.29 is 147 Å². The summed E-state index contributed by atoms with van der Waals surface area (Å²) in [5.74, 6) is -21.3. The molecule has 38 N–H and O–H groups in total. The molecule has 0 aliphatic rings. The highest BCUT2D eigenvalue weighted by Crippen LogP contribution is 2.52. The number of phosphoric ester groups is 1. The number of carbonyl (C=O) groups is 5. The predicted octanol–water partition coefficient (Wildman–Crippen LogP) is -2.12. The van der Waals surface area contributed by atoms with Crippen LogP contribution in [0.25, 0.3) is 0 Å². The summed E-state index contributed by atoms with van der Waals surface area (Å²) < 4.78 is 189. The lowest BCUT2D eigenvalue weighted by atomic mass is 10.0. The molecule has 0 bridgehead atoms. The molecule has 0 saturated carbocycles. The van der Waals surface area contributed by atoms with Gasteiger partial charge in [0, 0.05) is 71.6 Å². The summed E-state index contributed by atoms with van der Waals surface area (Å²) >= 11 is 0. The number of alkyl halides is 9. The van der Waals surface area contributed by atoms with Crippen LogP contribution in [-0.4, -0.2) is 223 Å². The second-order valence-corrected chi connectivity index (χ2v) is 22.2.